The molecule has 0 aliphatic carbocycles. The number of carbonyl (C=O) groups is 2. The van der Waals surface area contributed by atoms with Crippen molar-refractivity contribution in [3.8, 4) is 6.07 Å². The molecule has 1 unspecified atom stereocenters. The fraction of sp³-hybridized carbons (Fsp3) is 0.545. The molecule has 8 heteroatoms. The lowest BCUT2D eigenvalue weighted by Crippen LogP contribution is -2.36. The van der Waals surface area contributed by atoms with Crippen LogP contribution in [-0.2, 0) is 11.3 Å². The van der Waals surface area contributed by atoms with Gasteiger partial charge in [-0.05, 0) is 13.8 Å². The number of hydrogen-bond acceptors (Lipinski definition) is 5. The molecule has 0 aromatic carbocycles. The number of aromatic nitrogens is 3. The van der Waals surface area contributed by atoms with Crippen molar-refractivity contribution in [2.24, 2.45) is 5.92 Å². The minimum atomic E-state index is -1.19. The summed E-state index contributed by atoms with van der Waals surface area (Å²) in [5.41, 5.74) is -0.207. The van der Waals surface area contributed by atoms with Crippen LogP contribution in [0.2, 0.25) is 0 Å². The predicted octanol–water partition coefficient (Wildman–Crippen LogP) is -0.0155. The second kappa shape index (κ2) is 6.49. The van der Waals surface area contributed by atoms with Gasteiger partial charge in [-0.15, -0.1) is 5.10 Å². The fourth-order valence-corrected chi connectivity index (χ4v) is 1.49. The average molecular weight is 265 g/mol. The summed E-state index contributed by atoms with van der Waals surface area (Å²) in [6.45, 7) is 4.27. The first-order chi connectivity index (χ1) is 8.97. The molecule has 0 aliphatic rings. The minimum absolute atomic E-state index is 0.0910. The predicted molar refractivity (Wildman–Crippen MR) is 64.0 cm³/mol. The Morgan fingerprint density at radius 2 is 2.32 bits per heavy atom. The van der Waals surface area contributed by atoms with Crippen LogP contribution in [0.25, 0.3) is 0 Å². The van der Waals surface area contributed by atoms with Crippen molar-refractivity contribution in [2.45, 2.75) is 20.4 Å². The minimum Gasteiger partial charge on any atom is -0.476 e. The van der Waals surface area contributed by atoms with E-state index in [2.05, 4.69) is 16.4 Å². The standard InChI is InChI=1S/C11H15N5O3/c1-3-15(5-8(2)4-12)10(17)7-16-6-9(11(18)19)13-14-16/h6,8H,3,5,7H2,1-2H3,(H,18,19). The van der Waals surface area contributed by atoms with Crippen LogP contribution in [0.15, 0.2) is 6.20 Å². The molecular weight excluding hydrogens is 250 g/mol. The van der Waals surface area contributed by atoms with Crippen LogP contribution in [0.4, 0.5) is 0 Å². The highest BCUT2D eigenvalue weighted by molar-refractivity contribution is 5.84. The maximum absolute atomic E-state index is 12.0. The molecule has 1 atom stereocenters. The zero-order chi connectivity index (χ0) is 14.4. The molecule has 1 rings (SSSR count). The molecule has 0 fully saturated rings. The highest BCUT2D eigenvalue weighted by Gasteiger charge is 2.17. The Balaban J connectivity index is 2.66. The highest BCUT2D eigenvalue weighted by Crippen LogP contribution is 2.01. The topological polar surface area (TPSA) is 112 Å². The van der Waals surface area contributed by atoms with Crippen LogP contribution < -0.4 is 0 Å². The van der Waals surface area contributed by atoms with Crippen LogP contribution in [0.5, 0.6) is 0 Å². The Morgan fingerprint density at radius 1 is 1.63 bits per heavy atom. The van der Waals surface area contributed by atoms with Crippen molar-refractivity contribution >= 4 is 11.9 Å². The number of carboxylic acids is 1. The first kappa shape index (κ1) is 14.6. The Bertz CT molecular complexity index is 505. The van der Waals surface area contributed by atoms with Crippen molar-refractivity contribution < 1.29 is 14.7 Å². The van der Waals surface area contributed by atoms with Gasteiger partial charge >= 0.3 is 5.97 Å². The smallest absolute Gasteiger partial charge is 0.358 e. The number of nitriles is 1. The second-order valence-corrected chi connectivity index (χ2v) is 4.07. The van der Waals surface area contributed by atoms with E-state index < -0.39 is 5.97 Å². The summed E-state index contributed by atoms with van der Waals surface area (Å²) in [5.74, 6) is -1.68. The Labute approximate surface area is 110 Å². The molecule has 0 bridgehead atoms. The summed E-state index contributed by atoms with van der Waals surface area (Å²) < 4.78 is 1.17. The average Bonchev–Trinajstić information content (AvgIpc) is 2.84. The third-order valence-corrected chi connectivity index (χ3v) is 2.50. The fourth-order valence-electron chi connectivity index (χ4n) is 1.49. The molecule has 0 spiro atoms. The van der Waals surface area contributed by atoms with Gasteiger partial charge in [-0.25, -0.2) is 9.48 Å². The van der Waals surface area contributed by atoms with E-state index in [0.29, 0.717) is 13.1 Å². The van der Waals surface area contributed by atoms with Crippen molar-refractivity contribution in [1.82, 2.24) is 19.9 Å². The van der Waals surface area contributed by atoms with Gasteiger partial charge in [-0.1, -0.05) is 5.21 Å². The SMILES string of the molecule is CCN(CC(C)C#N)C(=O)Cn1cc(C(=O)O)nn1. The summed E-state index contributed by atoms with van der Waals surface area (Å²) in [4.78, 5) is 24.1. The molecule has 1 heterocycles. The van der Waals surface area contributed by atoms with E-state index in [1.165, 1.54) is 15.8 Å². The largest absolute Gasteiger partial charge is 0.476 e. The number of amides is 1. The molecule has 19 heavy (non-hydrogen) atoms. The van der Waals surface area contributed by atoms with Gasteiger partial charge in [0.1, 0.15) is 6.54 Å². The summed E-state index contributed by atoms with van der Waals surface area (Å²) in [6.07, 6.45) is 1.20. The van der Waals surface area contributed by atoms with Gasteiger partial charge in [0.05, 0.1) is 18.2 Å². The maximum atomic E-state index is 12.0. The van der Waals surface area contributed by atoms with E-state index in [1.807, 2.05) is 6.92 Å². The van der Waals surface area contributed by atoms with Gasteiger partial charge in [0.15, 0.2) is 5.69 Å². The van der Waals surface area contributed by atoms with E-state index in [9.17, 15) is 9.59 Å². The van der Waals surface area contributed by atoms with Gasteiger partial charge in [-0.2, -0.15) is 5.26 Å². The van der Waals surface area contributed by atoms with Crippen LogP contribution in [-0.4, -0.2) is 50.0 Å². The molecule has 1 amide bonds. The Morgan fingerprint density at radius 3 is 2.79 bits per heavy atom. The number of carbonyl (C=O) groups excluding carboxylic acids is 1. The first-order valence-electron chi connectivity index (χ1n) is 5.78. The summed E-state index contributed by atoms with van der Waals surface area (Å²) in [5, 5.41) is 24.4. The molecule has 0 saturated carbocycles. The van der Waals surface area contributed by atoms with Crippen LogP contribution in [0, 0.1) is 17.2 Å². The van der Waals surface area contributed by atoms with E-state index in [-0.39, 0.29) is 24.1 Å². The Kier molecular flexibility index (Phi) is 5.00. The number of carboxylic acid groups (broad SMARTS) is 1. The zero-order valence-electron chi connectivity index (χ0n) is 10.8. The molecule has 8 nitrogen and oxygen atoms in total. The van der Waals surface area contributed by atoms with Crippen molar-refractivity contribution in [1.29, 1.82) is 5.26 Å². The van der Waals surface area contributed by atoms with E-state index >= 15 is 0 Å². The molecule has 1 aromatic rings. The third kappa shape index (κ3) is 4.06. The summed E-state index contributed by atoms with van der Waals surface area (Å²) in [7, 11) is 0. The van der Waals surface area contributed by atoms with E-state index in [1.54, 1.807) is 6.92 Å². The maximum Gasteiger partial charge on any atom is 0.358 e. The molecule has 1 N–H and O–H groups in total. The van der Waals surface area contributed by atoms with Crippen LogP contribution >= 0.6 is 0 Å². The monoisotopic (exact) mass is 265 g/mol. The summed E-state index contributed by atoms with van der Waals surface area (Å²) in [6, 6.07) is 2.06. The van der Waals surface area contributed by atoms with Crippen LogP contribution in [0.1, 0.15) is 24.3 Å². The van der Waals surface area contributed by atoms with E-state index in [0.717, 1.165) is 0 Å². The molecule has 0 saturated heterocycles. The lowest BCUT2D eigenvalue weighted by Gasteiger charge is -2.21. The third-order valence-electron chi connectivity index (χ3n) is 2.50. The molecule has 1 aromatic heterocycles. The number of hydrogen-bond donors (Lipinski definition) is 1. The van der Waals surface area contributed by atoms with Gasteiger partial charge in [0, 0.05) is 13.1 Å². The Hall–Kier alpha value is -2.43. The van der Waals surface area contributed by atoms with Crippen molar-refractivity contribution in [3.63, 3.8) is 0 Å². The van der Waals surface area contributed by atoms with Crippen molar-refractivity contribution in [3.05, 3.63) is 11.9 Å². The number of aromatic carboxylic acids is 1. The van der Waals surface area contributed by atoms with Gasteiger partial charge < -0.3 is 10.0 Å². The number of nitrogens with zero attached hydrogens (tertiary/aromatic N) is 5. The lowest BCUT2D eigenvalue weighted by molar-refractivity contribution is -0.132. The van der Waals surface area contributed by atoms with Gasteiger partial charge in [0.25, 0.3) is 0 Å². The highest BCUT2D eigenvalue weighted by atomic mass is 16.4. The zero-order valence-corrected chi connectivity index (χ0v) is 10.8. The normalized spacial score (nSPS) is 11.6. The number of likely N-dealkylation sites (N-methyl/N-ethyl adjacent to an activating group) is 1. The van der Waals surface area contributed by atoms with Gasteiger partial charge in [-0.3, -0.25) is 4.79 Å². The number of rotatable bonds is 6. The van der Waals surface area contributed by atoms with Crippen molar-refractivity contribution in [2.75, 3.05) is 13.1 Å². The lowest BCUT2D eigenvalue weighted by atomic mass is 10.2. The van der Waals surface area contributed by atoms with E-state index in [4.69, 9.17) is 10.4 Å². The van der Waals surface area contributed by atoms with Gasteiger partial charge in [0.2, 0.25) is 5.91 Å². The first-order valence-corrected chi connectivity index (χ1v) is 5.78. The molecular formula is C11H15N5O3. The molecule has 0 radical (unpaired) electrons. The van der Waals surface area contributed by atoms with Crippen LogP contribution in [0.3, 0.4) is 0 Å². The molecule has 102 valence electrons. The molecule has 0 aliphatic heterocycles. The summed E-state index contributed by atoms with van der Waals surface area (Å²) >= 11 is 0. The second-order valence-electron chi connectivity index (χ2n) is 4.07. The quantitative estimate of drug-likeness (QED) is 0.773.